The number of H-pyrrole nitrogens is 1. The molecule has 13 heteroatoms. The third-order valence-electron chi connectivity index (χ3n) is 5.85. The molecule has 9 N–H and O–H groups in total. The third kappa shape index (κ3) is 8.56. The van der Waals surface area contributed by atoms with Gasteiger partial charge in [0.05, 0.1) is 18.6 Å². The Kier molecular flexibility index (Phi) is 10.8. The van der Waals surface area contributed by atoms with Gasteiger partial charge in [-0.2, -0.15) is 0 Å². The van der Waals surface area contributed by atoms with Crippen LogP contribution in [0.5, 0.6) is 0 Å². The summed E-state index contributed by atoms with van der Waals surface area (Å²) in [5.41, 5.74) is 7.50. The zero-order chi connectivity index (χ0) is 28.6. The number of rotatable bonds is 14. The first kappa shape index (κ1) is 30.3. The smallest absolute Gasteiger partial charge is 0.326 e. The summed E-state index contributed by atoms with van der Waals surface area (Å²) in [6, 6.07) is 1.81. The average Bonchev–Trinajstić information content (AvgIpc) is 3.23. The van der Waals surface area contributed by atoms with Gasteiger partial charge < -0.3 is 42.0 Å². The van der Waals surface area contributed by atoms with Crippen LogP contribution >= 0.6 is 0 Å². The van der Waals surface area contributed by atoms with Crippen molar-refractivity contribution in [1.29, 1.82) is 0 Å². The number of para-hydroxylation sites is 1. The number of fused-ring (bicyclic) bond motifs is 1. The standard InChI is InChI=1S/C25H35N5O8/c1-12(2)8-16(26)22(34)28-18(9-14-11-27-17-7-5-4-6-15(14)17)23(35)30-21(13(3)31)24(36)29-19(25(37)38)10-20(32)33/h4-7,11-13,16,18-19,21,27,31H,8-10,26H2,1-3H3,(H,28,34)(H,29,36)(H,30,35)(H,32,33)(H,37,38). The maximum absolute atomic E-state index is 13.3. The largest absolute Gasteiger partial charge is 0.481 e. The SMILES string of the molecule is CC(C)CC(N)C(=O)NC(Cc1c[nH]c2ccccc12)C(=O)NC(C(=O)NC(CC(=O)O)C(=O)O)C(C)O. The van der Waals surface area contributed by atoms with E-state index in [1.165, 1.54) is 6.92 Å². The molecule has 0 saturated heterocycles. The Labute approximate surface area is 219 Å². The van der Waals surface area contributed by atoms with Crippen molar-refractivity contribution in [3.05, 3.63) is 36.0 Å². The number of aliphatic hydroxyl groups excluding tert-OH is 1. The van der Waals surface area contributed by atoms with Crippen LogP contribution in [0.1, 0.15) is 39.2 Å². The summed E-state index contributed by atoms with van der Waals surface area (Å²) in [4.78, 5) is 64.2. The number of nitrogens with two attached hydrogens (primary N) is 1. The Balaban J connectivity index is 2.28. The van der Waals surface area contributed by atoms with Crippen molar-refractivity contribution in [3.8, 4) is 0 Å². The molecule has 5 unspecified atom stereocenters. The number of aromatic nitrogens is 1. The number of aromatic amines is 1. The van der Waals surface area contributed by atoms with Crippen LogP contribution in [0.15, 0.2) is 30.5 Å². The zero-order valence-corrected chi connectivity index (χ0v) is 21.4. The molecule has 0 fully saturated rings. The topological polar surface area (TPSA) is 224 Å². The van der Waals surface area contributed by atoms with Gasteiger partial charge in [0.15, 0.2) is 0 Å². The maximum atomic E-state index is 13.3. The predicted octanol–water partition coefficient (Wildman–Crippen LogP) is -0.522. The lowest BCUT2D eigenvalue weighted by atomic mass is 10.0. The van der Waals surface area contributed by atoms with E-state index in [2.05, 4.69) is 15.6 Å². The molecule has 0 bridgehead atoms. The van der Waals surface area contributed by atoms with Crippen molar-refractivity contribution in [3.63, 3.8) is 0 Å². The van der Waals surface area contributed by atoms with E-state index in [-0.39, 0.29) is 12.3 Å². The number of carboxylic acid groups (broad SMARTS) is 2. The van der Waals surface area contributed by atoms with Crippen molar-refractivity contribution in [1.82, 2.24) is 20.9 Å². The Bertz CT molecular complexity index is 1160. The number of aliphatic hydroxyl groups is 1. The van der Waals surface area contributed by atoms with Gasteiger partial charge in [-0.25, -0.2) is 4.79 Å². The van der Waals surface area contributed by atoms with E-state index in [1.54, 1.807) is 6.20 Å². The molecular weight excluding hydrogens is 498 g/mol. The first-order valence-corrected chi connectivity index (χ1v) is 12.1. The van der Waals surface area contributed by atoms with Crippen molar-refractivity contribution in [2.24, 2.45) is 11.7 Å². The second-order valence-electron chi connectivity index (χ2n) is 9.58. The van der Waals surface area contributed by atoms with E-state index >= 15 is 0 Å². The zero-order valence-electron chi connectivity index (χ0n) is 21.4. The maximum Gasteiger partial charge on any atom is 0.326 e. The van der Waals surface area contributed by atoms with Crippen molar-refractivity contribution in [2.75, 3.05) is 0 Å². The monoisotopic (exact) mass is 533 g/mol. The Morgan fingerprint density at radius 3 is 2.13 bits per heavy atom. The molecule has 1 aromatic heterocycles. The highest BCUT2D eigenvalue weighted by Crippen LogP contribution is 2.19. The minimum atomic E-state index is -1.78. The minimum absolute atomic E-state index is 0.0148. The highest BCUT2D eigenvalue weighted by atomic mass is 16.4. The summed E-state index contributed by atoms with van der Waals surface area (Å²) in [5, 5.41) is 36.1. The number of carboxylic acids is 2. The summed E-state index contributed by atoms with van der Waals surface area (Å²) in [7, 11) is 0. The first-order chi connectivity index (χ1) is 17.8. The molecule has 0 aliphatic heterocycles. The molecule has 13 nitrogen and oxygen atoms in total. The lowest BCUT2D eigenvalue weighted by Crippen LogP contribution is -2.60. The van der Waals surface area contributed by atoms with Crippen LogP contribution < -0.4 is 21.7 Å². The van der Waals surface area contributed by atoms with Crippen LogP contribution in [-0.4, -0.2) is 80.2 Å². The molecule has 2 rings (SSSR count). The van der Waals surface area contributed by atoms with Crippen LogP contribution in [0.3, 0.4) is 0 Å². The minimum Gasteiger partial charge on any atom is -0.481 e. The van der Waals surface area contributed by atoms with Gasteiger partial charge in [-0.15, -0.1) is 0 Å². The number of benzene rings is 1. The van der Waals surface area contributed by atoms with Gasteiger partial charge in [-0.3, -0.25) is 19.2 Å². The Morgan fingerprint density at radius 1 is 0.921 bits per heavy atom. The fraction of sp³-hybridized carbons (Fsp3) is 0.480. The second-order valence-corrected chi connectivity index (χ2v) is 9.58. The summed E-state index contributed by atoms with van der Waals surface area (Å²) < 4.78 is 0. The molecule has 0 spiro atoms. The Morgan fingerprint density at radius 2 is 1.55 bits per heavy atom. The predicted molar refractivity (Wildman–Crippen MR) is 137 cm³/mol. The molecule has 1 heterocycles. The quantitative estimate of drug-likeness (QED) is 0.156. The van der Waals surface area contributed by atoms with Crippen LogP contribution in [0.25, 0.3) is 10.9 Å². The molecule has 0 aliphatic rings. The number of amides is 3. The normalized spacial score (nSPS) is 15.2. The fourth-order valence-electron chi connectivity index (χ4n) is 3.92. The van der Waals surface area contributed by atoms with E-state index in [0.29, 0.717) is 12.0 Å². The van der Waals surface area contributed by atoms with Gasteiger partial charge in [0.25, 0.3) is 0 Å². The molecule has 38 heavy (non-hydrogen) atoms. The van der Waals surface area contributed by atoms with Gasteiger partial charge in [0.2, 0.25) is 17.7 Å². The number of hydrogen-bond donors (Lipinski definition) is 8. The molecule has 0 saturated carbocycles. The van der Waals surface area contributed by atoms with Crippen LogP contribution in [0.2, 0.25) is 0 Å². The van der Waals surface area contributed by atoms with E-state index < -0.39 is 66.4 Å². The lowest BCUT2D eigenvalue weighted by molar-refractivity contribution is -0.148. The highest BCUT2D eigenvalue weighted by Gasteiger charge is 2.33. The molecule has 3 amide bonds. The average molecular weight is 534 g/mol. The Hall–Kier alpha value is -3.97. The number of hydrogen-bond acceptors (Lipinski definition) is 7. The number of nitrogens with one attached hydrogen (secondary N) is 4. The van der Waals surface area contributed by atoms with Crippen molar-refractivity contribution >= 4 is 40.6 Å². The summed E-state index contributed by atoms with van der Waals surface area (Å²) in [6.07, 6.45) is -0.319. The molecule has 0 aliphatic carbocycles. The van der Waals surface area contributed by atoms with Crippen molar-refractivity contribution < 1.29 is 39.3 Å². The molecular formula is C25H35N5O8. The second kappa shape index (κ2) is 13.5. The summed E-state index contributed by atoms with van der Waals surface area (Å²) >= 11 is 0. The lowest BCUT2D eigenvalue weighted by Gasteiger charge is -2.26. The van der Waals surface area contributed by atoms with Gasteiger partial charge in [-0.05, 0) is 30.9 Å². The van der Waals surface area contributed by atoms with Crippen LogP contribution in [0.4, 0.5) is 0 Å². The van der Waals surface area contributed by atoms with Gasteiger partial charge in [-0.1, -0.05) is 32.0 Å². The molecule has 208 valence electrons. The molecule has 5 atom stereocenters. The number of aliphatic carboxylic acids is 2. The van der Waals surface area contributed by atoms with E-state index in [0.717, 1.165) is 10.9 Å². The molecule has 2 aromatic rings. The van der Waals surface area contributed by atoms with Crippen LogP contribution in [0, 0.1) is 5.92 Å². The fourth-order valence-corrected chi connectivity index (χ4v) is 3.92. The molecule has 0 radical (unpaired) electrons. The van der Waals surface area contributed by atoms with Gasteiger partial charge in [0.1, 0.15) is 18.1 Å². The summed E-state index contributed by atoms with van der Waals surface area (Å²) in [5.74, 6) is -5.45. The van der Waals surface area contributed by atoms with Crippen LogP contribution in [-0.2, 0) is 30.4 Å². The summed E-state index contributed by atoms with van der Waals surface area (Å²) in [6.45, 7) is 4.98. The third-order valence-corrected chi connectivity index (χ3v) is 5.85. The van der Waals surface area contributed by atoms with E-state index in [4.69, 9.17) is 10.8 Å². The highest BCUT2D eigenvalue weighted by molar-refractivity contribution is 5.95. The van der Waals surface area contributed by atoms with Gasteiger partial charge >= 0.3 is 11.9 Å². The van der Waals surface area contributed by atoms with Gasteiger partial charge in [0, 0.05) is 23.5 Å². The number of carbonyl (C=O) groups is 5. The molecule has 1 aromatic carbocycles. The first-order valence-electron chi connectivity index (χ1n) is 12.1. The number of carbonyl (C=O) groups excluding carboxylic acids is 3. The van der Waals surface area contributed by atoms with Crippen molar-refractivity contribution in [2.45, 2.75) is 70.3 Å². The van der Waals surface area contributed by atoms with E-state index in [9.17, 15) is 34.2 Å². The van der Waals surface area contributed by atoms with E-state index in [1.807, 2.05) is 43.4 Å².